The van der Waals surface area contributed by atoms with Crippen molar-refractivity contribution in [2.45, 2.75) is 57.6 Å². The minimum absolute atomic E-state index is 0.0152. The molecule has 0 aromatic heterocycles. The lowest BCUT2D eigenvalue weighted by Gasteiger charge is -2.57. The van der Waals surface area contributed by atoms with Gasteiger partial charge in [-0.1, -0.05) is 6.92 Å². The number of carbonyl (C=O) groups is 1. The third kappa shape index (κ3) is 3.21. The smallest absolute Gasteiger partial charge is 0.223 e. The van der Waals surface area contributed by atoms with Crippen LogP contribution < -0.4 is 14.8 Å². The average Bonchev–Trinajstić information content (AvgIpc) is 2.47. The maximum absolute atomic E-state index is 13.4. The van der Waals surface area contributed by atoms with Crippen molar-refractivity contribution < 1.29 is 18.7 Å². The first kappa shape index (κ1) is 16.7. The van der Waals surface area contributed by atoms with Gasteiger partial charge in [0.15, 0.2) is 11.5 Å². The van der Waals surface area contributed by atoms with Gasteiger partial charge in [-0.15, -0.1) is 0 Å². The van der Waals surface area contributed by atoms with E-state index in [0.29, 0.717) is 35.8 Å². The molecule has 5 heteroatoms. The molecule has 3 fully saturated rings. The van der Waals surface area contributed by atoms with Crippen LogP contribution in [0.3, 0.4) is 0 Å². The van der Waals surface area contributed by atoms with E-state index in [4.69, 9.17) is 9.47 Å². The van der Waals surface area contributed by atoms with Gasteiger partial charge in [-0.25, -0.2) is 4.39 Å². The van der Waals surface area contributed by atoms with Gasteiger partial charge in [-0.2, -0.15) is 0 Å². The van der Waals surface area contributed by atoms with Crippen LogP contribution in [-0.2, 0) is 4.79 Å². The molecule has 0 radical (unpaired) electrons. The maximum Gasteiger partial charge on any atom is 0.223 e. The van der Waals surface area contributed by atoms with E-state index in [1.54, 1.807) is 6.07 Å². The zero-order chi connectivity index (χ0) is 17.6. The summed E-state index contributed by atoms with van der Waals surface area (Å²) in [5.41, 5.74) is 0.552. The Morgan fingerprint density at radius 3 is 2.56 bits per heavy atom. The molecule has 0 saturated heterocycles. The van der Waals surface area contributed by atoms with E-state index in [-0.39, 0.29) is 23.7 Å². The summed E-state index contributed by atoms with van der Waals surface area (Å²) in [6.07, 6.45) is 6.27. The molecule has 1 amide bonds. The zero-order valence-corrected chi connectivity index (χ0v) is 14.9. The number of halogens is 1. The van der Waals surface area contributed by atoms with Crippen LogP contribution in [0.15, 0.2) is 18.2 Å². The van der Waals surface area contributed by atoms with Crippen molar-refractivity contribution >= 4 is 5.91 Å². The first-order valence-electron chi connectivity index (χ1n) is 9.27. The fraction of sp³-hybridized carbons (Fsp3) is 0.650. The molecule has 1 aromatic rings. The molecular weight excluding hydrogens is 321 g/mol. The molecule has 3 aliphatic carbocycles. The Balaban J connectivity index is 1.21. The molecule has 0 aliphatic heterocycles. The number of ether oxygens (including phenoxy) is 2. The average molecular weight is 347 g/mol. The molecule has 0 bridgehead atoms. The first-order valence-corrected chi connectivity index (χ1v) is 9.27. The van der Waals surface area contributed by atoms with E-state index < -0.39 is 0 Å². The number of benzene rings is 1. The van der Waals surface area contributed by atoms with Crippen LogP contribution in [0, 0.1) is 23.1 Å². The molecule has 0 heterocycles. The second-order valence-corrected chi connectivity index (χ2v) is 8.33. The van der Waals surface area contributed by atoms with Crippen LogP contribution in [0.25, 0.3) is 0 Å². The molecule has 1 aromatic carbocycles. The van der Waals surface area contributed by atoms with Crippen LogP contribution in [0.2, 0.25) is 0 Å². The molecule has 136 valence electrons. The van der Waals surface area contributed by atoms with Crippen molar-refractivity contribution in [3.05, 3.63) is 24.0 Å². The summed E-state index contributed by atoms with van der Waals surface area (Å²) in [5.74, 6) is 1.60. The van der Waals surface area contributed by atoms with E-state index in [2.05, 4.69) is 12.2 Å². The third-order valence-corrected chi connectivity index (χ3v) is 6.15. The Bertz CT molecular complexity index is 657. The van der Waals surface area contributed by atoms with Crippen molar-refractivity contribution in [3.63, 3.8) is 0 Å². The van der Waals surface area contributed by atoms with Crippen molar-refractivity contribution in [2.75, 3.05) is 7.11 Å². The Labute approximate surface area is 148 Å². The predicted molar refractivity (Wildman–Crippen MR) is 92.1 cm³/mol. The SMILES string of the molecule is COc1ccc(F)cc1OC1CC(C(=O)NC2CC3(CC(C)C3)C2)C1. The summed E-state index contributed by atoms with van der Waals surface area (Å²) in [7, 11) is 1.53. The molecule has 1 N–H and O–H groups in total. The topological polar surface area (TPSA) is 47.6 Å². The summed E-state index contributed by atoms with van der Waals surface area (Å²) in [6, 6.07) is 4.60. The molecule has 0 unspecified atom stereocenters. The highest BCUT2D eigenvalue weighted by atomic mass is 19.1. The highest BCUT2D eigenvalue weighted by molar-refractivity contribution is 5.80. The Hall–Kier alpha value is -1.78. The van der Waals surface area contributed by atoms with E-state index in [0.717, 1.165) is 18.8 Å². The van der Waals surface area contributed by atoms with Crippen molar-refractivity contribution in [2.24, 2.45) is 17.3 Å². The van der Waals surface area contributed by atoms with Crippen molar-refractivity contribution in [1.82, 2.24) is 5.32 Å². The lowest BCUT2D eigenvalue weighted by Crippen LogP contribution is -2.57. The van der Waals surface area contributed by atoms with E-state index in [1.807, 2.05) is 0 Å². The van der Waals surface area contributed by atoms with Crippen molar-refractivity contribution in [1.29, 1.82) is 0 Å². The molecule has 3 aliphatic rings. The number of carbonyl (C=O) groups excluding carboxylic acids is 1. The number of hydrogen-bond acceptors (Lipinski definition) is 3. The maximum atomic E-state index is 13.4. The molecule has 0 atom stereocenters. The van der Waals surface area contributed by atoms with Gasteiger partial charge in [0.05, 0.1) is 7.11 Å². The number of rotatable bonds is 5. The molecule has 4 nitrogen and oxygen atoms in total. The highest BCUT2D eigenvalue weighted by Gasteiger charge is 2.52. The fourth-order valence-electron chi connectivity index (χ4n) is 4.96. The summed E-state index contributed by atoms with van der Waals surface area (Å²) in [5, 5.41) is 3.19. The quantitative estimate of drug-likeness (QED) is 0.884. The summed E-state index contributed by atoms with van der Waals surface area (Å²) < 4.78 is 24.4. The second kappa shape index (κ2) is 6.19. The minimum Gasteiger partial charge on any atom is -0.493 e. The molecule has 25 heavy (non-hydrogen) atoms. The lowest BCUT2D eigenvalue weighted by atomic mass is 9.50. The van der Waals surface area contributed by atoms with Gasteiger partial charge in [0.25, 0.3) is 0 Å². The predicted octanol–water partition coefficient (Wildman–Crippen LogP) is 3.69. The van der Waals surface area contributed by atoms with E-state index >= 15 is 0 Å². The lowest BCUT2D eigenvalue weighted by molar-refractivity contribution is -0.134. The number of hydrogen-bond donors (Lipinski definition) is 1. The zero-order valence-electron chi connectivity index (χ0n) is 14.9. The first-order chi connectivity index (χ1) is 12.0. The van der Waals surface area contributed by atoms with E-state index in [9.17, 15) is 9.18 Å². The van der Waals surface area contributed by atoms with Gasteiger partial charge in [-0.3, -0.25) is 4.79 Å². The van der Waals surface area contributed by atoms with E-state index in [1.165, 1.54) is 32.1 Å². The molecule has 4 rings (SSSR count). The van der Waals surface area contributed by atoms with Crippen LogP contribution >= 0.6 is 0 Å². The van der Waals surface area contributed by atoms with Gasteiger partial charge < -0.3 is 14.8 Å². The van der Waals surface area contributed by atoms with Gasteiger partial charge in [-0.05, 0) is 62.0 Å². The van der Waals surface area contributed by atoms with Crippen LogP contribution in [-0.4, -0.2) is 25.2 Å². The van der Waals surface area contributed by atoms with Gasteiger partial charge in [0, 0.05) is 18.0 Å². The molecule has 3 saturated carbocycles. The van der Waals surface area contributed by atoms with Gasteiger partial charge >= 0.3 is 0 Å². The largest absolute Gasteiger partial charge is 0.493 e. The summed E-state index contributed by atoms with van der Waals surface area (Å²) in [6.45, 7) is 2.30. The molecular formula is C20H26FNO3. The van der Waals surface area contributed by atoms with Crippen LogP contribution in [0.4, 0.5) is 4.39 Å². The van der Waals surface area contributed by atoms with Gasteiger partial charge in [0.2, 0.25) is 5.91 Å². The Morgan fingerprint density at radius 1 is 1.20 bits per heavy atom. The monoisotopic (exact) mass is 347 g/mol. The fourth-order valence-corrected chi connectivity index (χ4v) is 4.96. The van der Waals surface area contributed by atoms with Gasteiger partial charge in [0.1, 0.15) is 11.9 Å². The standard InChI is InChI=1S/C20H26FNO3/c1-12-8-20(9-12)10-15(11-20)22-19(23)13-5-16(6-13)25-18-7-14(21)3-4-17(18)24-2/h3-4,7,12-13,15-16H,5-6,8-11H2,1-2H3,(H,22,23). The third-order valence-electron chi connectivity index (χ3n) is 6.15. The Kier molecular flexibility index (Phi) is 4.13. The highest BCUT2D eigenvalue weighted by Crippen LogP contribution is 2.58. The second-order valence-electron chi connectivity index (χ2n) is 8.33. The van der Waals surface area contributed by atoms with Crippen LogP contribution in [0.5, 0.6) is 11.5 Å². The normalized spacial score (nSPS) is 36.0. The van der Waals surface area contributed by atoms with Crippen LogP contribution in [0.1, 0.15) is 45.4 Å². The summed E-state index contributed by atoms with van der Waals surface area (Å²) in [4.78, 5) is 12.3. The number of methoxy groups -OCH3 is 1. The van der Waals surface area contributed by atoms with Crippen molar-refractivity contribution in [3.8, 4) is 11.5 Å². The molecule has 1 spiro atoms. The minimum atomic E-state index is -0.353. The Morgan fingerprint density at radius 2 is 1.92 bits per heavy atom. The number of nitrogens with one attached hydrogen (secondary N) is 1. The summed E-state index contributed by atoms with van der Waals surface area (Å²) >= 11 is 0. The number of amides is 1.